The molecule has 0 spiro atoms. The summed E-state index contributed by atoms with van der Waals surface area (Å²) in [7, 11) is 0. The Balaban J connectivity index is 3.19. The maximum Gasteiger partial charge on any atom is 0.355 e. The molecule has 1 fully saturated rings. The fourth-order valence-corrected chi connectivity index (χ4v) is 3.62. The van der Waals surface area contributed by atoms with E-state index in [0.717, 1.165) is 27.7 Å². The maximum absolute atomic E-state index is 15.3. The van der Waals surface area contributed by atoms with Crippen molar-refractivity contribution in [2.24, 2.45) is 0 Å². The Bertz CT molecular complexity index is 872. The van der Waals surface area contributed by atoms with Crippen molar-refractivity contribution in [2.45, 2.75) is 90.8 Å². The van der Waals surface area contributed by atoms with E-state index in [2.05, 4.69) is 9.47 Å². The van der Waals surface area contributed by atoms with Gasteiger partial charge in [0.2, 0.25) is 0 Å². The molecule has 1 heterocycles. The summed E-state index contributed by atoms with van der Waals surface area (Å²) in [6.07, 6.45) is -7.97. The second-order valence-corrected chi connectivity index (χ2v) is 8.28. The quantitative estimate of drug-likeness (QED) is 0.124. The van der Waals surface area contributed by atoms with Gasteiger partial charge in [0.1, 0.15) is 12.7 Å². The highest BCUT2D eigenvalue weighted by Gasteiger charge is 2.53. The molecule has 5 atom stereocenters. The van der Waals surface area contributed by atoms with Gasteiger partial charge in [-0.15, -0.1) is 0 Å². The molecule has 0 aliphatic carbocycles. The summed E-state index contributed by atoms with van der Waals surface area (Å²) in [5.41, 5.74) is -3.10. The average molecular weight is 567 g/mol. The fraction of sp³-hybridized carbons (Fsp3) is 0.750. The lowest BCUT2D eigenvalue weighted by Crippen LogP contribution is -2.63. The van der Waals surface area contributed by atoms with Gasteiger partial charge in [0, 0.05) is 34.1 Å². The molecule has 39 heavy (non-hydrogen) atoms. The van der Waals surface area contributed by atoms with Crippen LogP contribution in [0.3, 0.4) is 0 Å². The minimum atomic E-state index is -3.10. The highest BCUT2D eigenvalue weighted by Crippen LogP contribution is 2.30. The molecule has 1 saturated heterocycles. The first-order valence-electron chi connectivity index (χ1n) is 12.2. The second kappa shape index (κ2) is 15.9. The van der Waals surface area contributed by atoms with Crippen molar-refractivity contribution in [1.29, 1.82) is 0 Å². The van der Waals surface area contributed by atoms with E-state index in [1.807, 2.05) is 0 Å². The van der Waals surface area contributed by atoms with Crippen molar-refractivity contribution in [3.63, 3.8) is 0 Å². The number of rotatable bonds is 14. The van der Waals surface area contributed by atoms with Gasteiger partial charge in [-0.3, -0.25) is 19.2 Å². The third kappa shape index (κ3) is 10.4. The molecular formula is C24H35FO14. The number of carbonyl (C=O) groups excluding carboxylic acids is 6. The van der Waals surface area contributed by atoms with Crippen molar-refractivity contribution < 1.29 is 71.1 Å². The van der Waals surface area contributed by atoms with E-state index in [1.54, 1.807) is 0 Å². The fourth-order valence-electron chi connectivity index (χ4n) is 3.62. The predicted octanol–water partition coefficient (Wildman–Crippen LogP) is 0.701. The molecule has 222 valence electrons. The van der Waals surface area contributed by atoms with Crippen LogP contribution in [0, 0.1) is 0 Å². The van der Waals surface area contributed by atoms with Gasteiger partial charge in [-0.25, -0.2) is 14.0 Å². The van der Waals surface area contributed by atoms with Crippen LogP contribution in [0.4, 0.5) is 4.39 Å². The summed E-state index contributed by atoms with van der Waals surface area (Å²) >= 11 is 0. The van der Waals surface area contributed by atoms with Crippen LogP contribution in [0.15, 0.2) is 0 Å². The van der Waals surface area contributed by atoms with E-state index >= 15 is 4.39 Å². The van der Waals surface area contributed by atoms with Crippen LogP contribution in [0.2, 0.25) is 0 Å². The van der Waals surface area contributed by atoms with E-state index in [0.29, 0.717) is 0 Å². The third-order valence-electron chi connectivity index (χ3n) is 5.09. The maximum atomic E-state index is 15.3. The van der Waals surface area contributed by atoms with Gasteiger partial charge < -0.3 is 37.9 Å². The number of hydrogen-bond donors (Lipinski definition) is 0. The molecule has 1 aliphatic heterocycles. The Morgan fingerprint density at radius 1 is 0.718 bits per heavy atom. The Morgan fingerprint density at radius 2 is 1.21 bits per heavy atom. The normalized spacial score (nSPS) is 22.7. The second-order valence-electron chi connectivity index (χ2n) is 8.28. The standard InChI is InChI=1S/C24H35FO14/c1-7-32-22(30)24(25,23(31)33-8-2)10-9-11-34-21-20(38-16(6)29)19(37-15(5)28)18(36-14(4)27)17(39-21)12-35-13(3)26/h17-21H,7-12H2,1-6H3. The molecule has 0 aromatic rings. The lowest BCUT2D eigenvalue weighted by atomic mass is 9.98. The van der Waals surface area contributed by atoms with Crippen LogP contribution in [-0.2, 0) is 66.7 Å². The number of ether oxygens (including phenoxy) is 8. The van der Waals surface area contributed by atoms with Crippen molar-refractivity contribution in [3.8, 4) is 0 Å². The highest BCUT2D eigenvalue weighted by atomic mass is 19.1. The van der Waals surface area contributed by atoms with Gasteiger partial charge >= 0.3 is 41.5 Å². The van der Waals surface area contributed by atoms with Gasteiger partial charge in [-0.1, -0.05) is 0 Å². The minimum absolute atomic E-state index is 0.175. The van der Waals surface area contributed by atoms with Crippen LogP contribution in [0.5, 0.6) is 0 Å². The Hall–Kier alpha value is -3.33. The summed E-state index contributed by atoms with van der Waals surface area (Å²) in [6.45, 7) is 6.03. The first-order chi connectivity index (χ1) is 18.3. The van der Waals surface area contributed by atoms with Crippen LogP contribution in [0.25, 0.3) is 0 Å². The van der Waals surface area contributed by atoms with Gasteiger partial charge in [0.05, 0.1) is 19.8 Å². The molecule has 0 aromatic carbocycles. The molecule has 1 aliphatic rings. The van der Waals surface area contributed by atoms with Crippen molar-refractivity contribution >= 4 is 35.8 Å². The van der Waals surface area contributed by atoms with E-state index in [9.17, 15) is 28.8 Å². The molecule has 0 saturated carbocycles. The molecule has 0 bridgehead atoms. The summed E-state index contributed by atoms with van der Waals surface area (Å²) in [6, 6.07) is 0. The highest BCUT2D eigenvalue weighted by molar-refractivity contribution is 6.03. The molecule has 0 amide bonds. The first kappa shape index (κ1) is 33.7. The Labute approximate surface area is 224 Å². The number of hydrogen-bond acceptors (Lipinski definition) is 14. The summed E-state index contributed by atoms with van der Waals surface area (Å²) in [5.74, 6) is -5.99. The van der Waals surface area contributed by atoms with E-state index in [-0.39, 0.29) is 26.2 Å². The molecule has 14 nitrogen and oxygen atoms in total. The summed E-state index contributed by atoms with van der Waals surface area (Å²) < 4.78 is 56.8. The van der Waals surface area contributed by atoms with E-state index < -0.39 is 85.2 Å². The molecule has 5 unspecified atom stereocenters. The smallest absolute Gasteiger partial charge is 0.355 e. The van der Waals surface area contributed by atoms with Gasteiger partial charge in [-0.05, 0) is 20.3 Å². The molecular weight excluding hydrogens is 531 g/mol. The Kier molecular flexibility index (Phi) is 13.8. The minimum Gasteiger partial charge on any atom is -0.463 e. The molecule has 0 radical (unpaired) electrons. The average Bonchev–Trinajstić information content (AvgIpc) is 2.83. The third-order valence-corrected chi connectivity index (χ3v) is 5.09. The van der Waals surface area contributed by atoms with E-state index in [1.165, 1.54) is 13.8 Å². The van der Waals surface area contributed by atoms with Crippen LogP contribution < -0.4 is 0 Å². The van der Waals surface area contributed by atoms with Crippen LogP contribution in [-0.4, -0.2) is 98.6 Å². The number of halogens is 1. The van der Waals surface area contributed by atoms with Crippen molar-refractivity contribution in [2.75, 3.05) is 26.4 Å². The van der Waals surface area contributed by atoms with Crippen LogP contribution in [0.1, 0.15) is 54.4 Å². The molecule has 0 aromatic heterocycles. The number of esters is 6. The van der Waals surface area contributed by atoms with Gasteiger partial charge in [0.15, 0.2) is 24.6 Å². The Morgan fingerprint density at radius 3 is 1.67 bits per heavy atom. The summed E-state index contributed by atoms with van der Waals surface area (Å²) in [4.78, 5) is 71.1. The molecule has 0 N–H and O–H groups in total. The first-order valence-corrected chi connectivity index (χ1v) is 12.2. The SMILES string of the molecule is CCOC(=O)C(F)(CCCOC1OC(COC(C)=O)C(OC(C)=O)C(OC(C)=O)C1OC(C)=O)C(=O)OCC. The number of carbonyl (C=O) groups is 6. The predicted molar refractivity (Wildman–Crippen MR) is 124 cm³/mol. The zero-order valence-corrected chi connectivity index (χ0v) is 22.7. The lowest BCUT2D eigenvalue weighted by molar-refractivity contribution is -0.308. The van der Waals surface area contributed by atoms with Crippen LogP contribution >= 0.6 is 0 Å². The van der Waals surface area contributed by atoms with E-state index in [4.69, 9.17) is 28.4 Å². The molecule has 1 rings (SSSR count). The zero-order valence-electron chi connectivity index (χ0n) is 22.7. The lowest BCUT2D eigenvalue weighted by Gasteiger charge is -2.44. The molecule has 15 heteroatoms. The van der Waals surface area contributed by atoms with Crippen molar-refractivity contribution in [1.82, 2.24) is 0 Å². The van der Waals surface area contributed by atoms with Crippen molar-refractivity contribution in [3.05, 3.63) is 0 Å². The zero-order chi connectivity index (χ0) is 29.8. The summed E-state index contributed by atoms with van der Waals surface area (Å²) in [5, 5.41) is 0. The largest absolute Gasteiger partial charge is 0.463 e. The topological polar surface area (TPSA) is 176 Å². The monoisotopic (exact) mass is 566 g/mol. The van der Waals surface area contributed by atoms with Gasteiger partial charge in [0.25, 0.3) is 0 Å². The van der Waals surface area contributed by atoms with Gasteiger partial charge in [-0.2, -0.15) is 0 Å². The number of alkyl halides is 1.